The van der Waals surface area contributed by atoms with Crippen molar-refractivity contribution in [1.82, 2.24) is 5.32 Å². The van der Waals surface area contributed by atoms with E-state index in [0.717, 1.165) is 25.0 Å². The number of carbonyl (C=O) groups excluding carboxylic acids is 1. The van der Waals surface area contributed by atoms with Crippen LogP contribution >= 0.6 is 0 Å². The Hall–Kier alpha value is -1.32. The summed E-state index contributed by atoms with van der Waals surface area (Å²) < 4.78 is 4.72. The maximum Gasteiger partial charge on any atom is 0.330 e. The molecule has 1 heterocycles. The number of esters is 1. The molecule has 1 rings (SSSR count). The van der Waals surface area contributed by atoms with Crippen molar-refractivity contribution < 1.29 is 9.53 Å². The standard InChI is InChI=1S/C7H10N2O2/c1-2-7(10)11-5-6-8-3-4-9-6/h2H,1,3-5H2,(H,8,9). The van der Waals surface area contributed by atoms with Crippen LogP contribution in [-0.2, 0) is 9.53 Å². The van der Waals surface area contributed by atoms with Crippen molar-refractivity contribution in [2.75, 3.05) is 19.7 Å². The minimum absolute atomic E-state index is 0.227. The van der Waals surface area contributed by atoms with Gasteiger partial charge in [-0.2, -0.15) is 0 Å². The number of carbonyl (C=O) groups is 1. The molecule has 4 nitrogen and oxygen atoms in total. The number of nitrogens with zero attached hydrogens (tertiary/aromatic N) is 1. The Morgan fingerprint density at radius 3 is 3.27 bits per heavy atom. The fourth-order valence-electron chi connectivity index (χ4n) is 0.742. The molecule has 0 atom stereocenters. The van der Waals surface area contributed by atoms with E-state index in [2.05, 4.69) is 16.9 Å². The zero-order chi connectivity index (χ0) is 8.10. The lowest BCUT2D eigenvalue weighted by atomic mass is 10.6. The van der Waals surface area contributed by atoms with Gasteiger partial charge < -0.3 is 10.1 Å². The molecular weight excluding hydrogens is 144 g/mol. The second-order valence-electron chi connectivity index (χ2n) is 2.07. The third-order valence-electron chi connectivity index (χ3n) is 1.26. The first-order valence-corrected chi connectivity index (χ1v) is 3.39. The number of hydrogen-bond donors (Lipinski definition) is 1. The Labute approximate surface area is 65.0 Å². The van der Waals surface area contributed by atoms with E-state index in [1.165, 1.54) is 0 Å². The van der Waals surface area contributed by atoms with E-state index in [1.54, 1.807) is 0 Å². The Morgan fingerprint density at radius 1 is 1.91 bits per heavy atom. The number of rotatable bonds is 3. The van der Waals surface area contributed by atoms with Crippen LogP contribution in [0.4, 0.5) is 0 Å². The van der Waals surface area contributed by atoms with Crippen LogP contribution in [-0.4, -0.2) is 31.5 Å². The topological polar surface area (TPSA) is 50.7 Å². The van der Waals surface area contributed by atoms with Crippen molar-refractivity contribution in [2.45, 2.75) is 0 Å². The van der Waals surface area contributed by atoms with E-state index in [1.807, 2.05) is 0 Å². The van der Waals surface area contributed by atoms with Crippen molar-refractivity contribution in [2.24, 2.45) is 4.99 Å². The third-order valence-corrected chi connectivity index (χ3v) is 1.26. The number of ether oxygens (including phenoxy) is 1. The summed E-state index contributed by atoms with van der Waals surface area (Å²) in [4.78, 5) is 14.6. The molecule has 4 heteroatoms. The van der Waals surface area contributed by atoms with E-state index in [0.29, 0.717) is 0 Å². The van der Waals surface area contributed by atoms with Crippen molar-refractivity contribution in [3.8, 4) is 0 Å². The Balaban J connectivity index is 2.21. The second-order valence-corrected chi connectivity index (χ2v) is 2.07. The zero-order valence-corrected chi connectivity index (χ0v) is 6.17. The SMILES string of the molecule is C=CC(=O)OCC1=NCCN1. The molecule has 1 aliphatic heterocycles. The molecule has 0 aromatic rings. The number of nitrogens with one attached hydrogen (secondary N) is 1. The van der Waals surface area contributed by atoms with Gasteiger partial charge in [0, 0.05) is 12.6 Å². The minimum Gasteiger partial charge on any atom is -0.454 e. The molecule has 0 radical (unpaired) electrons. The predicted octanol–water partition coefficient (Wildman–Crippen LogP) is -0.283. The fourth-order valence-corrected chi connectivity index (χ4v) is 0.742. The molecule has 0 saturated carbocycles. The van der Waals surface area contributed by atoms with Crippen molar-refractivity contribution in [3.05, 3.63) is 12.7 Å². The first-order valence-electron chi connectivity index (χ1n) is 3.39. The van der Waals surface area contributed by atoms with E-state index in [-0.39, 0.29) is 6.61 Å². The molecule has 11 heavy (non-hydrogen) atoms. The van der Waals surface area contributed by atoms with Crippen LogP contribution in [0, 0.1) is 0 Å². The Bertz CT molecular complexity index is 199. The summed E-state index contributed by atoms with van der Waals surface area (Å²) in [7, 11) is 0. The van der Waals surface area contributed by atoms with E-state index in [9.17, 15) is 4.79 Å². The van der Waals surface area contributed by atoms with Gasteiger partial charge in [-0.1, -0.05) is 6.58 Å². The number of aliphatic imine (C=N–C) groups is 1. The zero-order valence-electron chi connectivity index (χ0n) is 6.17. The van der Waals surface area contributed by atoms with Gasteiger partial charge in [-0.05, 0) is 0 Å². The lowest BCUT2D eigenvalue weighted by molar-refractivity contribution is -0.136. The van der Waals surface area contributed by atoms with Gasteiger partial charge in [0.25, 0.3) is 0 Å². The van der Waals surface area contributed by atoms with Gasteiger partial charge in [-0.25, -0.2) is 4.79 Å². The first kappa shape index (κ1) is 7.78. The lowest BCUT2D eigenvalue weighted by Crippen LogP contribution is -2.24. The molecule has 0 aliphatic carbocycles. The summed E-state index contributed by atoms with van der Waals surface area (Å²) in [6.45, 7) is 5.10. The predicted molar refractivity (Wildman–Crippen MR) is 41.5 cm³/mol. The molecule has 0 spiro atoms. The molecule has 0 saturated heterocycles. The summed E-state index contributed by atoms with van der Waals surface area (Å²) in [5.41, 5.74) is 0. The van der Waals surface area contributed by atoms with Gasteiger partial charge in [-0.3, -0.25) is 4.99 Å². The van der Waals surface area contributed by atoms with Crippen LogP contribution in [0.15, 0.2) is 17.6 Å². The van der Waals surface area contributed by atoms with Crippen LogP contribution in [0.1, 0.15) is 0 Å². The molecule has 0 aromatic heterocycles. The van der Waals surface area contributed by atoms with Gasteiger partial charge in [0.1, 0.15) is 12.4 Å². The number of hydrogen-bond acceptors (Lipinski definition) is 4. The highest BCUT2D eigenvalue weighted by Crippen LogP contribution is 1.87. The molecule has 0 unspecified atom stereocenters. The monoisotopic (exact) mass is 154 g/mol. The average molecular weight is 154 g/mol. The van der Waals surface area contributed by atoms with E-state index >= 15 is 0 Å². The molecule has 60 valence electrons. The smallest absolute Gasteiger partial charge is 0.330 e. The van der Waals surface area contributed by atoms with Crippen molar-refractivity contribution in [3.63, 3.8) is 0 Å². The highest BCUT2D eigenvalue weighted by molar-refractivity contribution is 5.88. The highest BCUT2D eigenvalue weighted by Gasteiger charge is 2.05. The van der Waals surface area contributed by atoms with E-state index in [4.69, 9.17) is 4.74 Å². The van der Waals surface area contributed by atoms with Crippen molar-refractivity contribution >= 4 is 11.8 Å². The fraction of sp³-hybridized carbons (Fsp3) is 0.429. The quantitative estimate of drug-likeness (QED) is 0.449. The molecular formula is C7H10N2O2. The summed E-state index contributed by atoms with van der Waals surface area (Å²) in [5, 5.41) is 2.97. The van der Waals surface area contributed by atoms with Gasteiger partial charge in [0.15, 0.2) is 0 Å². The van der Waals surface area contributed by atoms with Crippen LogP contribution in [0.25, 0.3) is 0 Å². The van der Waals surface area contributed by atoms with Gasteiger partial charge >= 0.3 is 5.97 Å². The third kappa shape index (κ3) is 2.41. The summed E-state index contributed by atoms with van der Waals surface area (Å²) in [6, 6.07) is 0. The summed E-state index contributed by atoms with van der Waals surface area (Å²) >= 11 is 0. The molecule has 1 N–H and O–H groups in total. The van der Waals surface area contributed by atoms with E-state index < -0.39 is 5.97 Å². The van der Waals surface area contributed by atoms with Crippen LogP contribution in [0.3, 0.4) is 0 Å². The van der Waals surface area contributed by atoms with Gasteiger partial charge in [0.2, 0.25) is 0 Å². The van der Waals surface area contributed by atoms with Crippen molar-refractivity contribution in [1.29, 1.82) is 0 Å². The van der Waals surface area contributed by atoms with Gasteiger partial charge in [-0.15, -0.1) is 0 Å². The van der Waals surface area contributed by atoms with Crippen LogP contribution in [0.5, 0.6) is 0 Å². The van der Waals surface area contributed by atoms with Crippen LogP contribution in [0.2, 0.25) is 0 Å². The average Bonchev–Trinajstić information content (AvgIpc) is 2.52. The molecule has 0 bridgehead atoms. The maximum atomic E-state index is 10.5. The Kier molecular flexibility index (Phi) is 2.66. The van der Waals surface area contributed by atoms with Crippen LogP contribution < -0.4 is 5.32 Å². The molecule has 0 fully saturated rings. The molecule has 1 aliphatic rings. The summed E-state index contributed by atoms with van der Waals surface area (Å²) in [5.74, 6) is 0.321. The highest BCUT2D eigenvalue weighted by atomic mass is 16.5. The molecule has 0 aromatic carbocycles. The largest absolute Gasteiger partial charge is 0.454 e. The first-order chi connectivity index (χ1) is 5.33. The maximum absolute atomic E-state index is 10.5. The lowest BCUT2D eigenvalue weighted by Gasteiger charge is -2.01. The summed E-state index contributed by atoms with van der Waals surface area (Å²) in [6.07, 6.45) is 1.13. The minimum atomic E-state index is -0.415. The molecule has 0 amide bonds. The normalized spacial score (nSPS) is 15.1. The Morgan fingerprint density at radius 2 is 2.73 bits per heavy atom. The second kappa shape index (κ2) is 3.75. The number of amidine groups is 1. The van der Waals surface area contributed by atoms with Gasteiger partial charge in [0.05, 0.1) is 6.54 Å².